The van der Waals surface area contributed by atoms with Crippen LogP contribution in [0.4, 0.5) is 11.4 Å². The van der Waals surface area contributed by atoms with E-state index in [0.29, 0.717) is 12.1 Å². The maximum absolute atomic E-state index is 3.51. The van der Waals surface area contributed by atoms with Crippen LogP contribution in [0.25, 0.3) is 0 Å². The van der Waals surface area contributed by atoms with Crippen molar-refractivity contribution in [3.05, 3.63) is 131 Å². The second-order valence-corrected chi connectivity index (χ2v) is 20.0. The van der Waals surface area contributed by atoms with Crippen molar-refractivity contribution in [2.75, 3.05) is 9.80 Å². The zero-order chi connectivity index (χ0) is 28.6. The molecule has 2 unspecified atom stereocenters. The zero-order valence-corrected chi connectivity index (χ0v) is 30.7. The van der Waals surface area contributed by atoms with Gasteiger partial charge in [-0.2, -0.15) is 0 Å². The molecule has 0 bridgehead atoms. The Morgan fingerprint density at radius 1 is 0.643 bits per heavy atom. The van der Waals surface area contributed by atoms with Crippen molar-refractivity contribution in [1.29, 1.82) is 0 Å². The second kappa shape index (κ2) is 17.5. The van der Waals surface area contributed by atoms with E-state index in [0.717, 1.165) is 25.7 Å². The normalized spacial score (nSPS) is 19.1. The predicted octanol–water partition coefficient (Wildman–Crippen LogP) is 3.29. The third kappa shape index (κ3) is 8.63. The van der Waals surface area contributed by atoms with E-state index in [1.165, 1.54) is 45.1 Å². The Morgan fingerprint density at radius 3 is 1.26 bits per heavy atom. The summed E-state index contributed by atoms with van der Waals surface area (Å²) in [6.07, 6.45) is 20.6. The van der Waals surface area contributed by atoms with Crippen LogP contribution in [-0.4, -0.2) is 17.5 Å². The monoisotopic (exact) mass is 690 g/mol. The molecule has 42 heavy (non-hydrogen) atoms. The summed E-state index contributed by atoms with van der Waals surface area (Å²) in [5.41, 5.74) is 10.6. The van der Waals surface area contributed by atoms with Crippen molar-refractivity contribution in [3.8, 4) is 0 Å². The molecule has 0 aromatic heterocycles. The molecule has 220 valence electrons. The molecule has 2 aliphatic heterocycles. The van der Waals surface area contributed by atoms with E-state index in [9.17, 15) is 0 Å². The molecule has 2 atom stereocenters. The number of anilines is 2. The van der Waals surface area contributed by atoms with Gasteiger partial charge in [-0.3, -0.25) is 0 Å². The molecular formula is C36H42Cl2N2SiZr-2. The summed E-state index contributed by atoms with van der Waals surface area (Å²) in [5.74, 6) is 0. The molecule has 0 spiro atoms. The van der Waals surface area contributed by atoms with Gasteiger partial charge in [0.2, 0.25) is 0 Å². The number of allylic oxidation sites excluding steroid dienone is 6. The molecule has 4 aliphatic rings. The molecule has 2 heterocycles. The van der Waals surface area contributed by atoms with Gasteiger partial charge in [0.1, 0.15) is 0 Å². The van der Waals surface area contributed by atoms with Crippen LogP contribution in [0.3, 0.4) is 0 Å². The molecule has 0 N–H and O–H groups in total. The van der Waals surface area contributed by atoms with Gasteiger partial charge in [0.05, 0.1) is 0 Å². The molecule has 0 saturated heterocycles. The van der Waals surface area contributed by atoms with E-state index in [1.54, 1.807) is 23.3 Å². The van der Waals surface area contributed by atoms with Crippen LogP contribution >= 0.6 is 0 Å². The Bertz CT molecular complexity index is 1280. The van der Waals surface area contributed by atoms with Crippen LogP contribution in [0.1, 0.15) is 53.4 Å². The summed E-state index contributed by atoms with van der Waals surface area (Å²) in [6, 6.07) is 22.2. The Balaban J connectivity index is 0.000000250. The number of benzene rings is 2. The largest absolute Gasteiger partial charge is 1.00 e. The van der Waals surface area contributed by atoms with Crippen LogP contribution in [0.5, 0.6) is 0 Å². The van der Waals surface area contributed by atoms with Gasteiger partial charge in [-0.1, -0.05) is 75.5 Å². The molecule has 2 aromatic rings. The minimum atomic E-state index is 0. The summed E-state index contributed by atoms with van der Waals surface area (Å²) in [5, 5.41) is 0. The molecule has 2 aliphatic carbocycles. The molecule has 0 saturated carbocycles. The predicted molar refractivity (Wildman–Crippen MR) is 170 cm³/mol. The molecule has 2 nitrogen and oxygen atoms in total. The molecule has 6 rings (SSSR count). The van der Waals surface area contributed by atoms with Crippen molar-refractivity contribution in [2.24, 2.45) is 0 Å². The number of fused-ring (bicyclic) bond motifs is 2. The van der Waals surface area contributed by atoms with Crippen molar-refractivity contribution < 1.29 is 48.1 Å². The van der Waals surface area contributed by atoms with Gasteiger partial charge in [0.25, 0.3) is 0 Å². The number of nitrogens with zero attached hydrogens (tertiary/aromatic N) is 2. The molecular weight excluding hydrogens is 651 g/mol. The number of rotatable bonds is 6. The summed E-state index contributed by atoms with van der Waals surface area (Å²) in [4.78, 5) is 4.87. The second-order valence-electron chi connectivity index (χ2n) is 10.6. The van der Waals surface area contributed by atoms with Crippen LogP contribution in [0, 0.1) is 12.2 Å². The number of hydrogen-bond acceptors (Lipinski definition) is 2. The fraction of sp³-hybridized carbons (Fsp3) is 0.333. The van der Waals surface area contributed by atoms with Gasteiger partial charge in [0.15, 0.2) is 0 Å². The van der Waals surface area contributed by atoms with Gasteiger partial charge < -0.3 is 34.6 Å². The Kier molecular flexibility index (Phi) is 15.1. The van der Waals surface area contributed by atoms with E-state index in [-0.39, 0.29) is 30.2 Å². The van der Waals surface area contributed by atoms with Crippen LogP contribution in [-0.2, 0) is 23.3 Å². The summed E-state index contributed by atoms with van der Waals surface area (Å²) in [7, 11) is 0. The summed E-state index contributed by atoms with van der Waals surface area (Å²) >= 11 is 1.74. The number of halogens is 2. The van der Waals surface area contributed by atoms with Crippen molar-refractivity contribution in [2.45, 2.75) is 78.6 Å². The van der Waals surface area contributed by atoms with E-state index in [2.05, 4.69) is 148 Å². The standard InChI is InChI=1S/2C17H18N.C2H6Si.2ClH.Zr/c2*1-3-13-10-14-12-15(4-2)18(17(14)11-13)16-8-6-5-7-9-16;1-3-2;;;/h2*5-9,11-12,15H,3-4H2,1-2H3;1-2H3;2*1H;/q2*-1;;;;+2/p-2. The van der Waals surface area contributed by atoms with Gasteiger partial charge in [-0.05, 0) is 49.9 Å². The molecule has 6 heteroatoms. The van der Waals surface area contributed by atoms with Gasteiger partial charge >= 0.3 is 41.9 Å². The first-order valence-electron chi connectivity index (χ1n) is 14.7. The minimum Gasteiger partial charge on any atom is -1.00 e. The number of para-hydroxylation sites is 2. The van der Waals surface area contributed by atoms with E-state index < -0.39 is 0 Å². The maximum atomic E-state index is 3.51. The maximum Gasteiger partial charge on any atom is -1.00 e. The minimum absolute atomic E-state index is 0. The van der Waals surface area contributed by atoms with Crippen molar-refractivity contribution >= 4 is 16.8 Å². The zero-order valence-electron chi connectivity index (χ0n) is 25.7. The van der Waals surface area contributed by atoms with Gasteiger partial charge in [0, 0.05) is 23.5 Å². The third-order valence-corrected chi connectivity index (χ3v) is 7.33. The molecule has 0 fully saturated rings. The van der Waals surface area contributed by atoms with Gasteiger partial charge in [-0.15, -0.1) is 58.7 Å². The quantitative estimate of drug-likeness (QED) is 0.339. The van der Waals surface area contributed by atoms with Gasteiger partial charge in [-0.25, -0.2) is 0 Å². The van der Waals surface area contributed by atoms with Crippen LogP contribution in [0.2, 0.25) is 13.1 Å². The van der Waals surface area contributed by atoms with Crippen molar-refractivity contribution in [1.82, 2.24) is 0 Å². The smallest absolute Gasteiger partial charge is 1.00 e. The summed E-state index contributed by atoms with van der Waals surface area (Å²) < 4.78 is 0. The summed E-state index contributed by atoms with van der Waals surface area (Å²) in [6.45, 7) is 13.5. The Hall–Kier alpha value is -1.84. The van der Waals surface area contributed by atoms with Crippen LogP contribution < -0.4 is 34.6 Å². The van der Waals surface area contributed by atoms with E-state index >= 15 is 0 Å². The SMILES string of the molecule is CCC1=[C-]C2=CC(CC)N(c3ccccc3)C2=C1.CCC1=[C-]C2=CC(CC)N(c3ccccc3)C2=C1.C[Si](C)=[Zr+2].[Cl-].[Cl-]. The Morgan fingerprint density at radius 2 is 0.976 bits per heavy atom. The van der Waals surface area contributed by atoms with Crippen LogP contribution in [0.15, 0.2) is 119 Å². The molecule has 0 amide bonds. The first kappa shape index (κ1) is 36.4. The first-order valence-corrected chi connectivity index (χ1v) is 20.9. The first-order chi connectivity index (χ1) is 19.4. The fourth-order valence-corrected chi connectivity index (χ4v) is 5.40. The third-order valence-electron chi connectivity index (χ3n) is 7.33. The molecule has 2 aromatic carbocycles. The number of hydrogen-bond donors (Lipinski definition) is 0. The Labute approximate surface area is 282 Å². The van der Waals surface area contributed by atoms with E-state index in [1.807, 2.05) is 0 Å². The average molecular weight is 693 g/mol. The van der Waals surface area contributed by atoms with Crippen molar-refractivity contribution in [3.63, 3.8) is 0 Å². The fourth-order valence-electron chi connectivity index (χ4n) is 5.40. The average Bonchev–Trinajstić information content (AvgIpc) is 3.72. The topological polar surface area (TPSA) is 6.48 Å². The molecule has 0 radical (unpaired) electrons. The van der Waals surface area contributed by atoms with E-state index in [4.69, 9.17) is 0 Å².